The zero-order chi connectivity index (χ0) is 15.2. The first kappa shape index (κ1) is 15.0. The standard InChI is InChI=1S/C16H18FN3O/c1-11(18)13-5-7-15(8-6-13)20-16(21)19-10-12-3-2-4-14(17)9-12/h2-9,11H,10,18H2,1H3,(H2,19,20,21). The number of benzene rings is 2. The highest BCUT2D eigenvalue weighted by atomic mass is 19.1. The van der Waals surface area contributed by atoms with E-state index >= 15 is 0 Å². The fourth-order valence-electron chi connectivity index (χ4n) is 1.87. The molecule has 1 atom stereocenters. The van der Waals surface area contributed by atoms with E-state index in [1.54, 1.807) is 24.3 Å². The van der Waals surface area contributed by atoms with E-state index in [1.807, 2.05) is 19.1 Å². The zero-order valence-corrected chi connectivity index (χ0v) is 11.8. The second-order valence-corrected chi connectivity index (χ2v) is 4.85. The Labute approximate surface area is 123 Å². The fraction of sp³-hybridized carbons (Fsp3) is 0.188. The Balaban J connectivity index is 1.87. The number of hydrogen-bond acceptors (Lipinski definition) is 2. The smallest absolute Gasteiger partial charge is 0.319 e. The van der Waals surface area contributed by atoms with E-state index in [0.29, 0.717) is 11.3 Å². The summed E-state index contributed by atoms with van der Waals surface area (Å²) in [5, 5.41) is 5.38. The molecule has 2 amide bonds. The van der Waals surface area contributed by atoms with E-state index < -0.39 is 0 Å². The summed E-state index contributed by atoms with van der Waals surface area (Å²) in [6.45, 7) is 2.16. The van der Waals surface area contributed by atoms with Gasteiger partial charge in [-0.05, 0) is 42.3 Å². The zero-order valence-electron chi connectivity index (χ0n) is 11.8. The summed E-state index contributed by atoms with van der Waals surface area (Å²) >= 11 is 0. The summed E-state index contributed by atoms with van der Waals surface area (Å²) in [7, 11) is 0. The van der Waals surface area contributed by atoms with Gasteiger partial charge in [-0.25, -0.2) is 9.18 Å². The van der Waals surface area contributed by atoms with Gasteiger partial charge < -0.3 is 16.4 Å². The summed E-state index contributed by atoms with van der Waals surface area (Å²) < 4.78 is 13.0. The van der Waals surface area contributed by atoms with Crippen LogP contribution in [0.1, 0.15) is 24.1 Å². The first-order chi connectivity index (χ1) is 10.0. The molecule has 0 saturated heterocycles. The van der Waals surface area contributed by atoms with Gasteiger partial charge in [-0.1, -0.05) is 24.3 Å². The Morgan fingerprint density at radius 2 is 1.95 bits per heavy atom. The fourth-order valence-corrected chi connectivity index (χ4v) is 1.87. The molecule has 0 bridgehead atoms. The Kier molecular flexibility index (Phi) is 4.90. The minimum absolute atomic E-state index is 0.0409. The van der Waals surface area contributed by atoms with Crippen molar-refractivity contribution < 1.29 is 9.18 Å². The molecule has 0 saturated carbocycles. The summed E-state index contributed by atoms with van der Waals surface area (Å²) in [5.41, 5.74) is 8.14. The van der Waals surface area contributed by atoms with Gasteiger partial charge in [-0.2, -0.15) is 0 Å². The third-order valence-corrected chi connectivity index (χ3v) is 3.04. The highest BCUT2D eigenvalue weighted by Crippen LogP contribution is 2.14. The molecule has 0 spiro atoms. The quantitative estimate of drug-likeness (QED) is 0.808. The Bertz CT molecular complexity index is 611. The van der Waals surface area contributed by atoms with E-state index in [9.17, 15) is 9.18 Å². The monoisotopic (exact) mass is 287 g/mol. The number of nitrogens with one attached hydrogen (secondary N) is 2. The third-order valence-electron chi connectivity index (χ3n) is 3.04. The van der Waals surface area contributed by atoms with Gasteiger partial charge in [-0.15, -0.1) is 0 Å². The van der Waals surface area contributed by atoms with Gasteiger partial charge in [0.25, 0.3) is 0 Å². The molecule has 0 radical (unpaired) electrons. The summed E-state index contributed by atoms with van der Waals surface area (Å²) in [4.78, 5) is 11.7. The second-order valence-electron chi connectivity index (χ2n) is 4.85. The van der Waals surface area contributed by atoms with Crippen LogP contribution in [0.2, 0.25) is 0 Å². The molecule has 2 aromatic rings. The molecule has 0 aliphatic carbocycles. The number of urea groups is 1. The van der Waals surface area contributed by atoms with Crippen LogP contribution in [-0.4, -0.2) is 6.03 Å². The SMILES string of the molecule is CC(N)c1ccc(NC(=O)NCc2cccc(F)c2)cc1. The third kappa shape index (κ3) is 4.57. The van der Waals surface area contributed by atoms with Crippen LogP contribution in [-0.2, 0) is 6.54 Å². The van der Waals surface area contributed by atoms with Crippen LogP contribution in [0.15, 0.2) is 48.5 Å². The topological polar surface area (TPSA) is 67.1 Å². The molecule has 0 aliphatic heterocycles. The van der Waals surface area contributed by atoms with E-state index in [4.69, 9.17) is 5.73 Å². The normalized spacial score (nSPS) is 11.8. The van der Waals surface area contributed by atoms with Crippen LogP contribution in [0.5, 0.6) is 0 Å². The maximum atomic E-state index is 13.0. The molecule has 21 heavy (non-hydrogen) atoms. The molecule has 0 heterocycles. The molecule has 110 valence electrons. The number of hydrogen-bond donors (Lipinski definition) is 3. The molecule has 0 fully saturated rings. The van der Waals surface area contributed by atoms with Gasteiger partial charge in [0.2, 0.25) is 0 Å². The van der Waals surface area contributed by atoms with Crippen LogP contribution in [0, 0.1) is 5.82 Å². The number of carbonyl (C=O) groups excluding carboxylic acids is 1. The maximum absolute atomic E-state index is 13.0. The number of amides is 2. The van der Waals surface area contributed by atoms with Crippen molar-refractivity contribution in [2.45, 2.75) is 19.5 Å². The first-order valence-corrected chi connectivity index (χ1v) is 6.69. The van der Waals surface area contributed by atoms with E-state index in [1.165, 1.54) is 12.1 Å². The molecule has 1 unspecified atom stereocenters. The number of anilines is 1. The van der Waals surface area contributed by atoms with Crippen LogP contribution in [0.25, 0.3) is 0 Å². The van der Waals surface area contributed by atoms with Crippen molar-refractivity contribution in [2.24, 2.45) is 5.73 Å². The lowest BCUT2D eigenvalue weighted by Gasteiger charge is -2.10. The van der Waals surface area contributed by atoms with Crippen molar-refractivity contribution in [3.8, 4) is 0 Å². The highest BCUT2D eigenvalue weighted by molar-refractivity contribution is 5.89. The molecule has 0 aliphatic rings. The Morgan fingerprint density at radius 1 is 1.24 bits per heavy atom. The van der Waals surface area contributed by atoms with Crippen molar-refractivity contribution in [1.29, 1.82) is 0 Å². The molecular weight excluding hydrogens is 269 g/mol. The highest BCUT2D eigenvalue weighted by Gasteiger charge is 2.03. The average Bonchev–Trinajstić information content (AvgIpc) is 2.46. The van der Waals surface area contributed by atoms with Gasteiger partial charge in [-0.3, -0.25) is 0 Å². The van der Waals surface area contributed by atoms with E-state index in [0.717, 1.165) is 5.56 Å². The van der Waals surface area contributed by atoms with Gasteiger partial charge in [0.1, 0.15) is 5.82 Å². The van der Waals surface area contributed by atoms with Crippen molar-refractivity contribution >= 4 is 11.7 Å². The van der Waals surface area contributed by atoms with Crippen LogP contribution in [0.4, 0.5) is 14.9 Å². The minimum Gasteiger partial charge on any atom is -0.334 e. The van der Waals surface area contributed by atoms with E-state index in [2.05, 4.69) is 10.6 Å². The van der Waals surface area contributed by atoms with Crippen molar-refractivity contribution in [3.63, 3.8) is 0 Å². The van der Waals surface area contributed by atoms with Crippen LogP contribution in [0.3, 0.4) is 0 Å². The van der Waals surface area contributed by atoms with Crippen LogP contribution < -0.4 is 16.4 Å². The predicted molar refractivity (Wildman–Crippen MR) is 81.3 cm³/mol. The predicted octanol–water partition coefficient (Wildman–Crippen LogP) is 3.17. The average molecular weight is 287 g/mol. The molecule has 0 aromatic heterocycles. The van der Waals surface area contributed by atoms with Crippen molar-refractivity contribution in [3.05, 3.63) is 65.5 Å². The lowest BCUT2D eigenvalue weighted by atomic mass is 10.1. The first-order valence-electron chi connectivity index (χ1n) is 6.69. The van der Waals surface area contributed by atoms with Gasteiger partial charge in [0.05, 0.1) is 0 Å². The molecule has 2 rings (SSSR count). The molecule has 4 N–H and O–H groups in total. The number of carbonyl (C=O) groups is 1. The van der Waals surface area contributed by atoms with Gasteiger partial charge >= 0.3 is 6.03 Å². The Hall–Kier alpha value is -2.40. The van der Waals surface area contributed by atoms with Gasteiger partial charge in [0, 0.05) is 18.3 Å². The largest absolute Gasteiger partial charge is 0.334 e. The lowest BCUT2D eigenvalue weighted by molar-refractivity contribution is 0.251. The lowest BCUT2D eigenvalue weighted by Crippen LogP contribution is -2.28. The van der Waals surface area contributed by atoms with E-state index in [-0.39, 0.29) is 24.4 Å². The van der Waals surface area contributed by atoms with Gasteiger partial charge in [0.15, 0.2) is 0 Å². The summed E-state index contributed by atoms with van der Waals surface area (Å²) in [5.74, 6) is -0.318. The molecular formula is C16H18FN3O. The summed E-state index contributed by atoms with van der Waals surface area (Å²) in [6, 6.07) is 13.0. The van der Waals surface area contributed by atoms with Crippen molar-refractivity contribution in [1.82, 2.24) is 5.32 Å². The molecule has 4 nitrogen and oxygen atoms in total. The van der Waals surface area contributed by atoms with Crippen LogP contribution >= 0.6 is 0 Å². The summed E-state index contributed by atoms with van der Waals surface area (Å²) in [6.07, 6.45) is 0. The maximum Gasteiger partial charge on any atom is 0.319 e. The Morgan fingerprint density at radius 3 is 2.57 bits per heavy atom. The van der Waals surface area contributed by atoms with Crippen molar-refractivity contribution in [2.75, 3.05) is 5.32 Å². The molecule has 5 heteroatoms. The molecule has 2 aromatic carbocycles. The minimum atomic E-state index is -0.340. The number of halogens is 1. The second kappa shape index (κ2) is 6.85. The number of nitrogens with two attached hydrogens (primary N) is 1. The number of rotatable bonds is 4.